The minimum atomic E-state index is -0.339. The van der Waals surface area contributed by atoms with Crippen molar-refractivity contribution in [3.63, 3.8) is 0 Å². The summed E-state index contributed by atoms with van der Waals surface area (Å²) in [5, 5.41) is 4.06. The van der Waals surface area contributed by atoms with Crippen LogP contribution in [0.25, 0.3) is 10.9 Å². The molecule has 6 rings (SSSR count). The average molecular weight is 483 g/mol. The predicted octanol–water partition coefficient (Wildman–Crippen LogP) is 3.98. The Hall–Kier alpha value is -3.84. The fraction of sp³-hybridized carbons (Fsp3) is 0.310. The summed E-state index contributed by atoms with van der Waals surface area (Å²) in [7, 11) is 2.10. The fourth-order valence-corrected chi connectivity index (χ4v) is 5.91. The third-order valence-corrected chi connectivity index (χ3v) is 7.44. The molecule has 2 atom stereocenters. The highest BCUT2D eigenvalue weighted by Gasteiger charge is 2.35. The van der Waals surface area contributed by atoms with E-state index in [-0.39, 0.29) is 18.1 Å². The number of carbonyl (C=O) groups is 1. The Balaban J connectivity index is 1.16. The summed E-state index contributed by atoms with van der Waals surface area (Å²) in [6.07, 6.45) is 3.34. The lowest BCUT2D eigenvalue weighted by Crippen LogP contribution is -2.47. The summed E-state index contributed by atoms with van der Waals surface area (Å²) in [6.45, 7) is 3.34. The smallest absolute Gasteiger partial charge is 0.274 e. The molecule has 0 saturated carbocycles. The first-order chi connectivity index (χ1) is 17.5. The van der Waals surface area contributed by atoms with Crippen molar-refractivity contribution in [1.82, 2.24) is 14.0 Å². The average Bonchev–Trinajstić information content (AvgIpc) is 3.20. The van der Waals surface area contributed by atoms with Crippen molar-refractivity contribution in [1.29, 1.82) is 0 Å². The van der Waals surface area contributed by atoms with Crippen LogP contribution >= 0.6 is 0 Å². The molecule has 1 amide bonds. The van der Waals surface area contributed by atoms with Gasteiger partial charge in [0.1, 0.15) is 11.4 Å². The van der Waals surface area contributed by atoms with Gasteiger partial charge in [-0.15, -0.1) is 0 Å². The second-order valence-electron chi connectivity index (χ2n) is 10.0. The Kier molecular flexibility index (Phi) is 5.85. The molecule has 0 radical (unpaired) electrons. The number of fused-ring (bicyclic) bond motifs is 5. The Morgan fingerprint density at radius 2 is 1.81 bits per heavy atom. The molecule has 1 N–H and O–H groups in total. The molecule has 0 spiro atoms. The Morgan fingerprint density at radius 1 is 1.00 bits per heavy atom. The molecule has 1 saturated heterocycles. The van der Waals surface area contributed by atoms with E-state index < -0.39 is 0 Å². The van der Waals surface area contributed by atoms with Crippen LogP contribution in [0.3, 0.4) is 0 Å². The predicted molar refractivity (Wildman–Crippen MR) is 140 cm³/mol. The van der Waals surface area contributed by atoms with Crippen LogP contribution in [0.4, 0.5) is 5.69 Å². The van der Waals surface area contributed by atoms with Crippen LogP contribution in [0.1, 0.15) is 23.6 Å². The van der Waals surface area contributed by atoms with Gasteiger partial charge < -0.3 is 19.2 Å². The molecule has 7 nitrogen and oxygen atoms in total. The van der Waals surface area contributed by atoms with Gasteiger partial charge in [-0.05, 0) is 48.2 Å². The number of rotatable bonds is 6. The Labute approximate surface area is 209 Å². The van der Waals surface area contributed by atoms with Crippen molar-refractivity contribution in [3.05, 3.63) is 94.5 Å². The Bertz CT molecular complexity index is 1470. The molecule has 2 bridgehead atoms. The number of para-hydroxylation sites is 2. The maximum Gasteiger partial charge on any atom is 0.274 e. The fourth-order valence-electron chi connectivity index (χ4n) is 5.91. The van der Waals surface area contributed by atoms with Gasteiger partial charge in [0, 0.05) is 61.9 Å². The number of pyridine rings is 1. The molecule has 2 aliphatic heterocycles. The lowest BCUT2D eigenvalue weighted by molar-refractivity contribution is -0.118. The van der Waals surface area contributed by atoms with Gasteiger partial charge in [0.25, 0.3) is 11.5 Å². The number of benzene rings is 2. The highest BCUT2D eigenvalue weighted by atomic mass is 16.5. The van der Waals surface area contributed by atoms with E-state index in [2.05, 4.69) is 52.3 Å². The largest absolute Gasteiger partial charge is 0.484 e. The van der Waals surface area contributed by atoms with Crippen molar-refractivity contribution in [3.8, 4) is 5.75 Å². The maximum atomic E-state index is 13.3. The van der Waals surface area contributed by atoms with E-state index in [9.17, 15) is 9.59 Å². The molecule has 4 heterocycles. The molecule has 184 valence electrons. The number of nitrogens with one attached hydrogen (secondary N) is 1. The van der Waals surface area contributed by atoms with Crippen LogP contribution in [-0.4, -0.2) is 39.6 Å². The zero-order valence-electron chi connectivity index (χ0n) is 20.4. The van der Waals surface area contributed by atoms with E-state index in [1.807, 2.05) is 28.8 Å². The Morgan fingerprint density at radius 3 is 2.67 bits per heavy atom. The summed E-state index contributed by atoms with van der Waals surface area (Å²) in [6, 6.07) is 21.5. The molecule has 0 aliphatic carbocycles. The van der Waals surface area contributed by atoms with Crippen LogP contribution in [0.15, 0.2) is 77.7 Å². The third-order valence-electron chi connectivity index (χ3n) is 7.44. The molecule has 2 aromatic carbocycles. The van der Waals surface area contributed by atoms with Gasteiger partial charge in [0.15, 0.2) is 6.61 Å². The lowest BCUT2D eigenvalue weighted by atomic mass is 9.83. The quantitative estimate of drug-likeness (QED) is 0.452. The van der Waals surface area contributed by atoms with E-state index in [1.165, 1.54) is 16.5 Å². The number of amides is 1. The number of carbonyl (C=O) groups excluding carboxylic acids is 1. The van der Waals surface area contributed by atoms with Gasteiger partial charge in [-0.2, -0.15) is 0 Å². The number of aromatic nitrogens is 2. The second-order valence-corrected chi connectivity index (χ2v) is 10.0. The van der Waals surface area contributed by atoms with E-state index in [0.29, 0.717) is 29.8 Å². The van der Waals surface area contributed by atoms with Crippen molar-refractivity contribution in [2.24, 2.45) is 13.0 Å². The summed E-state index contributed by atoms with van der Waals surface area (Å²) in [5.41, 5.74) is 3.86. The van der Waals surface area contributed by atoms with Crippen LogP contribution in [0, 0.1) is 5.92 Å². The molecular weight excluding hydrogens is 452 g/mol. The first-order valence-corrected chi connectivity index (χ1v) is 12.5. The summed E-state index contributed by atoms with van der Waals surface area (Å²) in [5.74, 6) is 1.01. The number of aryl methyl sites for hydroxylation is 1. The molecular formula is C29H30N4O3. The van der Waals surface area contributed by atoms with Gasteiger partial charge >= 0.3 is 0 Å². The molecule has 1 fully saturated rings. The number of likely N-dealkylation sites (tertiary alicyclic amines) is 1. The van der Waals surface area contributed by atoms with E-state index in [0.717, 1.165) is 31.7 Å². The van der Waals surface area contributed by atoms with Crippen molar-refractivity contribution in [2.45, 2.75) is 25.4 Å². The number of anilines is 1. The van der Waals surface area contributed by atoms with Crippen LogP contribution in [-0.2, 0) is 24.9 Å². The number of hydrogen-bond donors (Lipinski definition) is 1. The molecule has 2 unspecified atom stereocenters. The van der Waals surface area contributed by atoms with Crippen LogP contribution in [0.2, 0.25) is 0 Å². The minimum Gasteiger partial charge on any atom is -0.484 e. The monoisotopic (exact) mass is 482 g/mol. The van der Waals surface area contributed by atoms with Gasteiger partial charge in [0.05, 0.1) is 0 Å². The molecule has 2 aliphatic rings. The molecule has 7 heteroatoms. The van der Waals surface area contributed by atoms with Crippen molar-refractivity contribution >= 4 is 22.5 Å². The number of hydrogen-bond acceptors (Lipinski definition) is 4. The van der Waals surface area contributed by atoms with Crippen LogP contribution in [0.5, 0.6) is 5.75 Å². The standard InChI is InChI=1S/C29H30N4O3/c1-31-16-22(24-9-5-6-10-27(24)31)18-32-14-20-13-21(17-32)26-12-11-25(29(35)33(26)15-20)30-28(34)19-36-23-7-3-2-4-8-23/h2-12,16,20-21H,13-15,17-19H2,1H3,(H,30,34). The molecule has 4 aromatic rings. The number of nitrogens with zero attached hydrogens (tertiary/aromatic N) is 3. The number of piperidine rings is 1. The van der Waals surface area contributed by atoms with Crippen LogP contribution < -0.4 is 15.6 Å². The maximum absolute atomic E-state index is 13.3. The van der Waals surface area contributed by atoms with Gasteiger partial charge in [0.2, 0.25) is 0 Å². The van der Waals surface area contributed by atoms with E-state index >= 15 is 0 Å². The van der Waals surface area contributed by atoms with Gasteiger partial charge in [-0.25, -0.2) is 0 Å². The molecule has 2 aromatic heterocycles. The van der Waals surface area contributed by atoms with E-state index in [1.54, 1.807) is 18.2 Å². The normalized spacial score (nSPS) is 19.1. The van der Waals surface area contributed by atoms with Crippen molar-refractivity contribution < 1.29 is 9.53 Å². The topological polar surface area (TPSA) is 68.5 Å². The zero-order valence-corrected chi connectivity index (χ0v) is 20.4. The third kappa shape index (κ3) is 4.31. The zero-order chi connectivity index (χ0) is 24.6. The second kappa shape index (κ2) is 9.32. The molecule has 36 heavy (non-hydrogen) atoms. The first kappa shape index (κ1) is 22.6. The highest BCUT2D eigenvalue weighted by Crippen LogP contribution is 2.36. The lowest BCUT2D eigenvalue weighted by Gasteiger charge is -2.43. The minimum absolute atomic E-state index is 0.127. The van der Waals surface area contributed by atoms with E-state index in [4.69, 9.17) is 4.74 Å². The summed E-state index contributed by atoms with van der Waals surface area (Å²) < 4.78 is 9.59. The number of ether oxygens (including phenoxy) is 1. The highest BCUT2D eigenvalue weighted by molar-refractivity contribution is 5.91. The van der Waals surface area contributed by atoms with Crippen molar-refractivity contribution in [2.75, 3.05) is 25.0 Å². The first-order valence-electron chi connectivity index (χ1n) is 12.5. The summed E-state index contributed by atoms with van der Waals surface area (Å²) >= 11 is 0. The van der Waals surface area contributed by atoms with Gasteiger partial charge in [-0.1, -0.05) is 36.4 Å². The SMILES string of the molecule is Cn1cc(CN2CC3CC(C2)c2ccc(NC(=O)COc4ccccc4)c(=O)n2C3)c2ccccc21. The van der Waals surface area contributed by atoms with Gasteiger partial charge in [-0.3, -0.25) is 14.5 Å². The summed E-state index contributed by atoms with van der Waals surface area (Å²) in [4.78, 5) is 28.2.